The van der Waals surface area contributed by atoms with E-state index in [0.29, 0.717) is 27.9 Å². The Kier molecular flexibility index (Phi) is 5.35. The van der Waals surface area contributed by atoms with Gasteiger partial charge in [-0.2, -0.15) is 0 Å². The summed E-state index contributed by atoms with van der Waals surface area (Å²) < 4.78 is 31.2. The van der Waals surface area contributed by atoms with Crippen molar-refractivity contribution in [2.45, 2.75) is 11.8 Å². The molecule has 1 aromatic heterocycles. The van der Waals surface area contributed by atoms with Crippen molar-refractivity contribution in [1.29, 1.82) is 0 Å². The summed E-state index contributed by atoms with van der Waals surface area (Å²) in [5, 5.41) is 3.48. The minimum absolute atomic E-state index is 0.0596. The van der Waals surface area contributed by atoms with E-state index in [-0.39, 0.29) is 16.5 Å². The number of fused-ring (bicyclic) bond motifs is 1. The van der Waals surface area contributed by atoms with Crippen LogP contribution in [0.5, 0.6) is 5.75 Å². The minimum atomic E-state index is -3.65. The molecule has 3 rings (SSSR count). The highest BCUT2D eigenvalue weighted by atomic mass is 32.2. The van der Waals surface area contributed by atoms with Crippen LogP contribution in [0.1, 0.15) is 16.1 Å². The summed E-state index contributed by atoms with van der Waals surface area (Å²) in [5.41, 5.74) is 2.14. The number of pyridine rings is 1. The van der Waals surface area contributed by atoms with Crippen molar-refractivity contribution in [1.82, 2.24) is 9.29 Å². The molecule has 0 atom stereocenters. The standard InChI is InChI=1S/C20H21N3O4S/c1-13-11-16(15-7-5-6-8-17(15)21-13)20(24)22-18-12-14(9-10-19(18)27-4)28(25,26)23(2)3/h5-12H,1-4H3,(H,22,24). The van der Waals surface area contributed by atoms with Crippen LogP contribution in [-0.4, -0.2) is 44.8 Å². The fourth-order valence-corrected chi connectivity index (χ4v) is 3.77. The first-order valence-corrected chi connectivity index (χ1v) is 9.96. The van der Waals surface area contributed by atoms with Gasteiger partial charge in [0.15, 0.2) is 0 Å². The van der Waals surface area contributed by atoms with Crippen LogP contribution in [0, 0.1) is 6.92 Å². The van der Waals surface area contributed by atoms with Crippen LogP contribution in [0.2, 0.25) is 0 Å². The fraction of sp³-hybridized carbons (Fsp3) is 0.200. The first-order valence-electron chi connectivity index (χ1n) is 8.52. The lowest BCUT2D eigenvalue weighted by molar-refractivity contribution is 0.102. The average Bonchev–Trinajstić information content (AvgIpc) is 2.66. The molecule has 146 valence electrons. The van der Waals surface area contributed by atoms with Crippen LogP contribution in [0.3, 0.4) is 0 Å². The highest BCUT2D eigenvalue weighted by Crippen LogP contribution is 2.29. The van der Waals surface area contributed by atoms with Gasteiger partial charge in [-0.1, -0.05) is 18.2 Å². The summed E-state index contributed by atoms with van der Waals surface area (Å²) in [4.78, 5) is 17.5. The number of ether oxygens (including phenoxy) is 1. The number of carbonyl (C=O) groups is 1. The number of para-hydroxylation sites is 1. The Hall–Kier alpha value is -2.97. The van der Waals surface area contributed by atoms with Crippen molar-refractivity contribution >= 4 is 32.5 Å². The minimum Gasteiger partial charge on any atom is -0.495 e. The molecule has 0 radical (unpaired) electrons. The van der Waals surface area contributed by atoms with Crippen LogP contribution < -0.4 is 10.1 Å². The summed E-state index contributed by atoms with van der Waals surface area (Å²) in [6.07, 6.45) is 0. The lowest BCUT2D eigenvalue weighted by Gasteiger charge is -2.15. The number of hydrogen-bond acceptors (Lipinski definition) is 5. The number of aryl methyl sites for hydroxylation is 1. The highest BCUT2D eigenvalue weighted by Gasteiger charge is 2.21. The fourth-order valence-electron chi connectivity index (χ4n) is 2.84. The van der Waals surface area contributed by atoms with Crippen molar-refractivity contribution in [3.05, 3.63) is 59.8 Å². The third-order valence-corrected chi connectivity index (χ3v) is 6.10. The third-order valence-electron chi connectivity index (χ3n) is 4.29. The summed E-state index contributed by atoms with van der Waals surface area (Å²) in [7, 11) is 0.702. The molecule has 8 heteroatoms. The smallest absolute Gasteiger partial charge is 0.256 e. The topological polar surface area (TPSA) is 88.6 Å². The van der Waals surface area contributed by atoms with Gasteiger partial charge in [0.1, 0.15) is 5.75 Å². The monoisotopic (exact) mass is 399 g/mol. The van der Waals surface area contributed by atoms with Crippen molar-refractivity contribution in [2.75, 3.05) is 26.5 Å². The third kappa shape index (κ3) is 3.69. The summed E-state index contributed by atoms with van der Waals surface area (Å²) >= 11 is 0. The van der Waals surface area contributed by atoms with Gasteiger partial charge in [-0.05, 0) is 37.3 Å². The van der Waals surface area contributed by atoms with E-state index in [9.17, 15) is 13.2 Å². The molecule has 1 N–H and O–H groups in total. The number of anilines is 1. The lowest BCUT2D eigenvalue weighted by Crippen LogP contribution is -2.22. The van der Waals surface area contributed by atoms with Gasteiger partial charge in [0, 0.05) is 25.2 Å². The lowest BCUT2D eigenvalue weighted by atomic mass is 10.1. The molecule has 7 nitrogen and oxygen atoms in total. The Balaban J connectivity index is 2.05. The van der Waals surface area contributed by atoms with E-state index in [1.807, 2.05) is 31.2 Å². The van der Waals surface area contributed by atoms with Crippen LogP contribution in [0.25, 0.3) is 10.9 Å². The zero-order valence-electron chi connectivity index (χ0n) is 16.1. The Bertz CT molecular complexity index is 1160. The number of hydrogen-bond donors (Lipinski definition) is 1. The SMILES string of the molecule is COc1ccc(S(=O)(=O)N(C)C)cc1NC(=O)c1cc(C)nc2ccccc12. The number of nitrogens with zero attached hydrogens (tertiary/aromatic N) is 2. The maximum Gasteiger partial charge on any atom is 0.256 e. The molecule has 0 aliphatic heterocycles. The van der Waals surface area contributed by atoms with E-state index in [1.165, 1.54) is 39.4 Å². The van der Waals surface area contributed by atoms with E-state index in [0.717, 1.165) is 4.31 Å². The number of aromatic nitrogens is 1. The van der Waals surface area contributed by atoms with Crippen LogP contribution in [0.15, 0.2) is 53.4 Å². The molecule has 0 aliphatic carbocycles. The number of rotatable bonds is 5. The van der Waals surface area contributed by atoms with E-state index < -0.39 is 10.0 Å². The molecule has 0 saturated heterocycles. The van der Waals surface area contributed by atoms with Crippen molar-refractivity contribution in [3.63, 3.8) is 0 Å². The number of carbonyl (C=O) groups excluding carboxylic acids is 1. The molecule has 1 amide bonds. The molecule has 28 heavy (non-hydrogen) atoms. The number of sulfonamides is 1. The zero-order chi connectivity index (χ0) is 20.5. The first-order chi connectivity index (χ1) is 13.2. The van der Waals surface area contributed by atoms with E-state index in [4.69, 9.17) is 4.74 Å². The second-order valence-corrected chi connectivity index (χ2v) is 8.58. The van der Waals surface area contributed by atoms with E-state index >= 15 is 0 Å². The largest absolute Gasteiger partial charge is 0.495 e. The van der Waals surface area contributed by atoms with Crippen molar-refractivity contribution < 1.29 is 17.9 Å². The normalized spacial score (nSPS) is 11.6. The number of nitrogens with one attached hydrogen (secondary N) is 1. The molecule has 3 aromatic rings. The first kappa shape index (κ1) is 19.8. The summed E-state index contributed by atoms with van der Waals surface area (Å²) in [5.74, 6) is -0.0134. The summed E-state index contributed by atoms with van der Waals surface area (Å²) in [6.45, 7) is 1.81. The Morgan fingerprint density at radius 1 is 1.11 bits per heavy atom. The average molecular weight is 399 g/mol. The predicted octanol–water partition coefficient (Wildman–Crippen LogP) is 3.05. The van der Waals surface area contributed by atoms with Gasteiger partial charge in [0.25, 0.3) is 5.91 Å². The highest BCUT2D eigenvalue weighted by molar-refractivity contribution is 7.89. The van der Waals surface area contributed by atoms with Gasteiger partial charge in [-0.3, -0.25) is 9.78 Å². The Morgan fingerprint density at radius 2 is 1.82 bits per heavy atom. The number of amides is 1. The number of benzene rings is 2. The predicted molar refractivity (Wildman–Crippen MR) is 108 cm³/mol. The van der Waals surface area contributed by atoms with Gasteiger partial charge >= 0.3 is 0 Å². The van der Waals surface area contributed by atoms with Gasteiger partial charge in [0.05, 0.1) is 28.8 Å². The van der Waals surface area contributed by atoms with Crippen LogP contribution >= 0.6 is 0 Å². The molecule has 0 unspecified atom stereocenters. The van der Waals surface area contributed by atoms with E-state index in [1.54, 1.807) is 6.07 Å². The molecule has 0 spiro atoms. The molecular formula is C20H21N3O4S. The van der Waals surface area contributed by atoms with Crippen molar-refractivity contribution in [2.24, 2.45) is 0 Å². The van der Waals surface area contributed by atoms with Gasteiger partial charge < -0.3 is 10.1 Å². The number of methoxy groups -OCH3 is 1. The van der Waals surface area contributed by atoms with Gasteiger partial charge in [-0.25, -0.2) is 12.7 Å². The van der Waals surface area contributed by atoms with Crippen LogP contribution in [-0.2, 0) is 10.0 Å². The molecule has 0 saturated carbocycles. The molecule has 2 aromatic carbocycles. The molecular weight excluding hydrogens is 378 g/mol. The Morgan fingerprint density at radius 3 is 2.50 bits per heavy atom. The molecule has 0 bridgehead atoms. The maximum absolute atomic E-state index is 13.0. The second-order valence-electron chi connectivity index (χ2n) is 6.43. The maximum atomic E-state index is 13.0. The second kappa shape index (κ2) is 7.57. The van der Waals surface area contributed by atoms with E-state index in [2.05, 4.69) is 10.3 Å². The van der Waals surface area contributed by atoms with Crippen LogP contribution in [0.4, 0.5) is 5.69 Å². The van der Waals surface area contributed by atoms with Crippen molar-refractivity contribution in [3.8, 4) is 5.75 Å². The Labute approximate surface area is 164 Å². The molecule has 0 fully saturated rings. The van der Waals surface area contributed by atoms with Gasteiger partial charge in [-0.15, -0.1) is 0 Å². The molecule has 1 heterocycles. The quantitative estimate of drug-likeness (QED) is 0.712. The zero-order valence-corrected chi connectivity index (χ0v) is 16.9. The summed E-state index contributed by atoms with van der Waals surface area (Å²) in [6, 6.07) is 13.4. The molecule has 0 aliphatic rings. The van der Waals surface area contributed by atoms with Gasteiger partial charge in [0.2, 0.25) is 10.0 Å².